The molecule has 0 saturated carbocycles. The van der Waals surface area contributed by atoms with Crippen LogP contribution in [0.25, 0.3) is 0 Å². The van der Waals surface area contributed by atoms with E-state index in [1.54, 1.807) is 21.3 Å². The van der Waals surface area contributed by atoms with Gasteiger partial charge in [0.25, 0.3) is 0 Å². The molecule has 0 bridgehead atoms. The number of carbonyl (C=O) groups is 1. The molecule has 5 heterocycles. The number of carbonyl (C=O) groups excluding carboxylic acids is 1. The van der Waals surface area contributed by atoms with Crippen molar-refractivity contribution in [2.24, 2.45) is 0 Å². The monoisotopic (exact) mass is 1010 g/mol. The van der Waals surface area contributed by atoms with Gasteiger partial charge in [0.05, 0.1) is 21.3 Å². The fourth-order valence-electron chi connectivity index (χ4n) is 9.37. The summed E-state index contributed by atoms with van der Waals surface area (Å²) in [6.45, 7) is 25.8. The molecule has 16 nitrogen and oxygen atoms in total. The Bertz CT molecular complexity index is 1550. The number of nitrogens with one attached hydrogen (secondary N) is 1. The molecule has 0 aliphatic carbocycles. The van der Waals surface area contributed by atoms with Crippen LogP contribution in [0.4, 0.5) is 5.95 Å². The van der Waals surface area contributed by atoms with Gasteiger partial charge in [0.1, 0.15) is 5.78 Å². The largest absolute Gasteiger partial charge is 0.344 e. The van der Waals surface area contributed by atoms with Crippen molar-refractivity contribution < 1.29 is 19.3 Å². The number of piperidine rings is 3. The molecule has 0 atom stereocenters. The highest BCUT2D eigenvalue weighted by molar-refractivity contribution is 6.33. The second-order valence-electron chi connectivity index (χ2n) is 18.6. The van der Waals surface area contributed by atoms with E-state index in [9.17, 15) is 4.79 Å². The van der Waals surface area contributed by atoms with E-state index in [1.807, 2.05) is 51.8 Å². The number of aromatic nitrogens is 6. The second-order valence-corrected chi connectivity index (χ2v) is 20.3. The van der Waals surface area contributed by atoms with E-state index >= 15 is 0 Å². The summed E-state index contributed by atoms with van der Waals surface area (Å²) in [6.07, 6.45) is 5.21. The summed E-state index contributed by atoms with van der Waals surface area (Å²) in [5, 5.41) is 9.72. The predicted molar refractivity (Wildman–Crippen MR) is 272 cm³/mol. The van der Waals surface area contributed by atoms with Crippen LogP contribution in [0.5, 0.6) is 0 Å². The van der Waals surface area contributed by atoms with Crippen molar-refractivity contribution in [3.63, 3.8) is 0 Å². The molecule has 64 heavy (non-hydrogen) atoms. The second kappa shape index (κ2) is 28.2. The fourth-order valence-corrected chi connectivity index (χ4v) is 10.3. The van der Waals surface area contributed by atoms with E-state index in [-0.39, 0.29) is 109 Å². The number of hydrogen-bond donors (Lipinski definition) is 2. The Labute approximate surface area is 414 Å². The molecule has 3 saturated heterocycles. The van der Waals surface area contributed by atoms with E-state index < -0.39 is 0 Å². The molecule has 380 valence electrons. The van der Waals surface area contributed by atoms with Gasteiger partial charge in [-0.1, -0.05) is 37.1 Å². The molecule has 2 aromatic rings. The highest BCUT2D eigenvalue weighted by atomic mass is 35.5. The number of hydrogen-bond acceptors (Lipinski definition) is 16. The third-order valence-corrected chi connectivity index (χ3v) is 11.3. The van der Waals surface area contributed by atoms with E-state index in [2.05, 4.69) is 101 Å². The van der Waals surface area contributed by atoms with Crippen LogP contribution in [0.15, 0.2) is 0 Å². The maximum Gasteiger partial charge on any atom is 0.230 e. The summed E-state index contributed by atoms with van der Waals surface area (Å²) < 4.78 is 0. The Morgan fingerprint density at radius 3 is 1.03 bits per heavy atom. The molecule has 5 rings (SSSR count). The maximum atomic E-state index is 11.5. The molecule has 3 fully saturated rings. The maximum absolute atomic E-state index is 11.5. The van der Waals surface area contributed by atoms with Crippen molar-refractivity contribution in [1.82, 2.24) is 56.6 Å². The summed E-state index contributed by atoms with van der Waals surface area (Å²) in [6, 6.07) is 0.831. The first-order valence-electron chi connectivity index (χ1n) is 19.1. The van der Waals surface area contributed by atoms with Gasteiger partial charge in [0.15, 0.2) is 0 Å². The first kappa shape index (κ1) is 71.6. The van der Waals surface area contributed by atoms with Crippen LogP contribution in [-0.2, 0) is 19.3 Å². The van der Waals surface area contributed by atoms with E-state index in [1.165, 1.54) is 0 Å². The zero-order valence-electron chi connectivity index (χ0n) is 38.1. The molecule has 0 radical (unpaired) electrons. The number of anilines is 1. The topological polar surface area (TPSA) is 182 Å². The SMILES string of the molecule is C.C.C.C.C.CNC1CC(C)(C)N(OC)C(C)(C)C1.CON1C(C)(C)CC(=O)CC1(C)C.CON1C(C)(C)CC(N(C)c2nc(Cl)nc(Cl)n2)CC1(C)C.Clc1nc(Cl)nc(Cl)n1.N. The van der Waals surface area contributed by atoms with Gasteiger partial charge in [-0.3, -0.25) is 4.79 Å². The Morgan fingerprint density at radius 1 is 0.516 bits per heavy atom. The number of halogens is 5. The van der Waals surface area contributed by atoms with Crippen molar-refractivity contribution in [1.29, 1.82) is 0 Å². The van der Waals surface area contributed by atoms with Crippen LogP contribution in [0.1, 0.15) is 159 Å². The Morgan fingerprint density at radius 2 is 0.766 bits per heavy atom. The molecule has 2 aromatic heterocycles. The van der Waals surface area contributed by atoms with Gasteiger partial charge in [-0.05, 0) is 174 Å². The minimum absolute atomic E-state index is 0. The summed E-state index contributed by atoms with van der Waals surface area (Å²) in [5.41, 5.74) is -0.401. The Kier molecular flexibility index (Phi) is 31.5. The predicted octanol–water partition coefficient (Wildman–Crippen LogP) is 11.9. The van der Waals surface area contributed by atoms with Crippen LogP contribution in [0.2, 0.25) is 26.4 Å². The van der Waals surface area contributed by atoms with Gasteiger partial charge in [-0.15, -0.1) is 0 Å². The van der Waals surface area contributed by atoms with Crippen molar-refractivity contribution in [3.8, 4) is 0 Å². The van der Waals surface area contributed by atoms with Crippen LogP contribution in [0.3, 0.4) is 0 Å². The van der Waals surface area contributed by atoms with Crippen molar-refractivity contribution in [2.75, 3.05) is 40.3 Å². The lowest BCUT2D eigenvalue weighted by Crippen LogP contribution is -2.63. The number of nitrogens with zero attached hydrogens (tertiary/aromatic N) is 10. The molecule has 21 heteroatoms. The smallest absolute Gasteiger partial charge is 0.230 e. The first-order chi connectivity index (χ1) is 26.4. The van der Waals surface area contributed by atoms with Crippen LogP contribution < -0.4 is 16.4 Å². The number of rotatable bonds is 6. The first-order valence-corrected chi connectivity index (χ1v) is 21.0. The highest BCUT2D eigenvalue weighted by Gasteiger charge is 2.48. The highest BCUT2D eigenvalue weighted by Crippen LogP contribution is 2.41. The lowest BCUT2D eigenvalue weighted by atomic mass is 9.78. The summed E-state index contributed by atoms with van der Waals surface area (Å²) in [7, 11) is 9.15. The average Bonchev–Trinajstić information content (AvgIpc) is 3.01. The molecular weight excluding hydrogens is 926 g/mol. The fraction of sp³-hybridized carbons (Fsp3) is 0.837. The lowest BCUT2D eigenvalue weighted by Gasteiger charge is -2.54. The van der Waals surface area contributed by atoms with Crippen LogP contribution in [0, 0.1) is 0 Å². The molecule has 0 aromatic carbocycles. The molecule has 3 aliphatic rings. The Balaban J connectivity index is -0.000000245. The molecule has 0 spiro atoms. The van der Waals surface area contributed by atoms with E-state index in [0.717, 1.165) is 25.7 Å². The zero-order chi connectivity index (χ0) is 44.8. The zero-order valence-corrected chi connectivity index (χ0v) is 41.9. The van der Waals surface area contributed by atoms with Crippen molar-refractivity contribution in [3.05, 3.63) is 26.4 Å². The van der Waals surface area contributed by atoms with E-state index in [0.29, 0.717) is 30.6 Å². The Hall–Kier alpha value is -1.38. The average molecular weight is 1020 g/mol. The van der Waals surface area contributed by atoms with Gasteiger partial charge in [-0.2, -0.15) is 45.1 Å². The summed E-state index contributed by atoms with van der Waals surface area (Å²) in [4.78, 5) is 52.5. The molecular formula is C43H89Cl5N12O4. The molecule has 3 aliphatic heterocycles. The van der Waals surface area contributed by atoms with Crippen LogP contribution in [-0.4, -0.2) is 132 Å². The summed E-state index contributed by atoms with van der Waals surface area (Å²) >= 11 is 27.7. The summed E-state index contributed by atoms with van der Waals surface area (Å²) in [5.74, 6) is 0.816. The number of hydroxylamine groups is 6. The number of ketones is 1. The quantitative estimate of drug-likeness (QED) is 0.278. The minimum atomic E-state index is -0.187. The minimum Gasteiger partial charge on any atom is -0.344 e. The number of Topliss-reactive ketones (excluding diaryl/α,β-unsaturated/α-hetero) is 1. The van der Waals surface area contributed by atoms with Crippen molar-refractivity contribution >= 4 is 69.7 Å². The van der Waals surface area contributed by atoms with Crippen molar-refractivity contribution in [2.45, 2.75) is 204 Å². The molecule has 4 N–H and O–H groups in total. The standard InChI is InChI=1S/C14H23Cl2N5O.C11H24N2O.C10H19NO2.C3Cl3N3.5CH4.H3N/c1-13(2)7-9(8-14(3,4)21(13)22-6)20(5)12-18-10(15)17-11(16)19-12;1-10(2)7-9(12-5)8-11(3,4)13(10)14-6;1-9(2)6-8(12)7-10(3,4)11(9)13-5;4-1-7-2(5)9-3(6)8-1;;;;;;/h9H,7-8H2,1-6H3;9,12H,7-8H2,1-6H3;6-7H2,1-5H3;;5*1H4;1H3. The molecule has 0 amide bonds. The van der Waals surface area contributed by atoms with Gasteiger partial charge in [0, 0.05) is 65.2 Å². The van der Waals surface area contributed by atoms with Gasteiger partial charge in [0.2, 0.25) is 32.4 Å². The third kappa shape index (κ3) is 19.7. The third-order valence-electron chi connectivity index (χ3n) is 10.5. The normalized spacial score (nSPS) is 20.6. The van der Waals surface area contributed by atoms with Crippen LogP contribution >= 0.6 is 58.0 Å². The lowest BCUT2D eigenvalue weighted by molar-refractivity contribution is -0.267. The van der Waals surface area contributed by atoms with E-state index in [4.69, 9.17) is 72.5 Å². The van der Waals surface area contributed by atoms with Gasteiger partial charge < -0.3 is 30.9 Å². The van der Waals surface area contributed by atoms with Gasteiger partial charge >= 0.3 is 0 Å². The van der Waals surface area contributed by atoms with Gasteiger partial charge in [-0.25, -0.2) is 0 Å². The molecule has 0 unspecified atom stereocenters.